The third-order valence-electron chi connectivity index (χ3n) is 2.78. The van der Waals surface area contributed by atoms with E-state index in [9.17, 15) is 0 Å². The summed E-state index contributed by atoms with van der Waals surface area (Å²) in [5.41, 5.74) is 0.595. The molecule has 1 saturated heterocycles. The molecular weight excluding hydrogens is 202 g/mol. The number of nitriles is 1. The van der Waals surface area contributed by atoms with Crippen molar-refractivity contribution in [2.24, 2.45) is 0 Å². The molecule has 1 aliphatic heterocycles. The summed E-state index contributed by atoms with van der Waals surface area (Å²) in [5, 5.41) is 8.71. The average molecular weight is 217 g/mol. The van der Waals surface area contributed by atoms with Crippen LogP contribution in [0.1, 0.15) is 19.4 Å². The zero-order valence-corrected chi connectivity index (χ0v) is 9.55. The van der Waals surface area contributed by atoms with Crippen LogP contribution in [0.2, 0.25) is 0 Å². The van der Waals surface area contributed by atoms with Gasteiger partial charge in [0, 0.05) is 12.7 Å². The fourth-order valence-electron chi connectivity index (χ4n) is 1.84. The Morgan fingerprint density at radius 1 is 1.50 bits per heavy atom. The predicted molar refractivity (Wildman–Crippen MR) is 61.2 cm³/mol. The van der Waals surface area contributed by atoms with E-state index in [4.69, 9.17) is 10.00 Å². The minimum Gasteiger partial charge on any atom is -0.375 e. The Bertz CT molecular complexity index is 396. The van der Waals surface area contributed by atoms with Gasteiger partial charge in [-0.05, 0) is 26.0 Å². The molecule has 2 unspecified atom stereocenters. The van der Waals surface area contributed by atoms with E-state index in [2.05, 4.69) is 29.8 Å². The largest absolute Gasteiger partial charge is 0.375 e. The summed E-state index contributed by atoms with van der Waals surface area (Å²) in [7, 11) is 0. The summed E-state index contributed by atoms with van der Waals surface area (Å²) >= 11 is 0. The van der Waals surface area contributed by atoms with Crippen LogP contribution in [0.3, 0.4) is 0 Å². The van der Waals surface area contributed by atoms with Crippen LogP contribution in [0.5, 0.6) is 0 Å². The van der Waals surface area contributed by atoms with Crippen LogP contribution in [-0.4, -0.2) is 30.3 Å². The first-order chi connectivity index (χ1) is 7.70. The van der Waals surface area contributed by atoms with E-state index in [0.717, 1.165) is 19.0 Å². The lowest BCUT2D eigenvalue weighted by Crippen LogP contribution is -2.47. The van der Waals surface area contributed by atoms with Crippen molar-refractivity contribution < 1.29 is 4.74 Å². The van der Waals surface area contributed by atoms with Gasteiger partial charge in [-0.2, -0.15) is 5.26 Å². The van der Waals surface area contributed by atoms with E-state index < -0.39 is 0 Å². The van der Waals surface area contributed by atoms with Gasteiger partial charge in [-0.3, -0.25) is 0 Å². The van der Waals surface area contributed by atoms with Crippen LogP contribution in [0.25, 0.3) is 0 Å². The Hall–Kier alpha value is -1.60. The van der Waals surface area contributed by atoms with Crippen molar-refractivity contribution in [2.45, 2.75) is 26.0 Å². The normalized spacial score (nSPS) is 25.2. The first kappa shape index (κ1) is 10.9. The molecule has 0 radical (unpaired) electrons. The van der Waals surface area contributed by atoms with E-state index in [-0.39, 0.29) is 6.10 Å². The van der Waals surface area contributed by atoms with Crippen LogP contribution >= 0.6 is 0 Å². The Labute approximate surface area is 95.5 Å². The van der Waals surface area contributed by atoms with Crippen molar-refractivity contribution in [3.05, 3.63) is 23.9 Å². The highest BCUT2D eigenvalue weighted by molar-refractivity contribution is 5.43. The molecule has 1 aromatic heterocycles. The third kappa shape index (κ3) is 2.15. The number of rotatable bonds is 1. The van der Waals surface area contributed by atoms with Crippen LogP contribution in [0, 0.1) is 11.3 Å². The molecule has 2 heterocycles. The molecule has 0 N–H and O–H groups in total. The second-order valence-electron chi connectivity index (χ2n) is 4.16. The number of hydrogen-bond donors (Lipinski definition) is 0. The van der Waals surface area contributed by atoms with Crippen molar-refractivity contribution in [2.75, 3.05) is 18.1 Å². The smallest absolute Gasteiger partial charge is 0.128 e. The molecule has 0 aromatic carbocycles. The minimum atomic E-state index is 0.230. The molecule has 16 heavy (non-hydrogen) atoms. The molecule has 0 aliphatic carbocycles. The van der Waals surface area contributed by atoms with E-state index in [1.54, 1.807) is 12.3 Å². The Balaban J connectivity index is 2.18. The highest BCUT2D eigenvalue weighted by Crippen LogP contribution is 2.19. The Morgan fingerprint density at radius 2 is 2.31 bits per heavy atom. The van der Waals surface area contributed by atoms with E-state index in [1.807, 2.05) is 6.07 Å². The lowest BCUT2D eigenvalue weighted by Gasteiger charge is -2.37. The molecule has 1 fully saturated rings. The number of morpholine rings is 1. The minimum absolute atomic E-state index is 0.230. The molecule has 2 rings (SSSR count). The second-order valence-corrected chi connectivity index (χ2v) is 4.16. The third-order valence-corrected chi connectivity index (χ3v) is 2.78. The van der Waals surface area contributed by atoms with Crippen molar-refractivity contribution in [1.82, 2.24) is 4.98 Å². The molecule has 1 aromatic rings. The van der Waals surface area contributed by atoms with Crippen LogP contribution in [-0.2, 0) is 4.74 Å². The average Bonchev–Trinajstić information content (AvgIpc) is 2.32. The maximum absolute atomic E-state index is 8.71. The quantitative estimate of drug-likeness (QED) is 0.716. The van der Waals surface area contributed by atoms with Gasteiger partial charge in [-0.1, -0.05) is 0 Å². The van der Waals surface area contributed by atoms with Gasteiger partial charge in [0.15, 0.2) is 0 Å². The van der Waals surface area contributed by atoms with Gasteiger partial charge in [0.25, 0.3) is 0 Å². The van der Waals surface area contributed by atoms with E-state index in [0.29, 0.717) is 11.6 Å². The molecule has 0 amide bonds. The van der Waals surface area contributed by atoms with Gasteiger partial charge in [0.2, 0.25) is 0 Å². The topological polar surface area (TPSA) is 49.2 Å². The molecule has 84 valence electrons. The standard InChI is InChI=1S/C12H15N3O/c1-9-8-16-10(2)7-15(9)12-4-3-11(5-13)6-14-12/h3-4,6,9-10H,7-8H2,1-2H3. The maximum Gasteiger partial charge on any atom is 0.128 e. The highest BCUT2D eigenvalue weighted by Gasteiger charge is 2.24. The zero-order valence-electron chi connectivity index (χ0n) is 9.55. The lowest BCUT2D eigenvalue weighted by atomic mass is 10.2. The highest BCUT2D eigenvalue weighted by atomic mass is 16.5. The van der Waals surface area contributed by atoms with Gasteiger partial charge in [-0.25, -0.2) is 4.98 Å². The molecule has 1 aliphatic rings. The maximum atomic E-state index is 8.71. The molecule has 4 heteroatoms. The van der Waals surface area contributed by atoms with E-state index in [1.165, 1.54) is 0 Å². The molecule has 0 bridgehead atoms. The monoisotopic (exact) mass is 217 g/mol. The first-order valence-electron chi connectivity index (χ1n) is 5.45. The van der Waals surface area contributed by atoms with Gasteiger partial charge in [0.1, 0.15) is 11.9 Å². The summed E-state index contributed by atoms with van der Waals surface area (Å²) < 4.78 is 5.56. The molecule has 4 nitrogen and oxygen atoms in total. The van der Waals surface area contributed by atoms with Crippen molar-refractivity contribution in [1.29, 1.82) is 5.26 Å². The zero-order chi connectivity index (χ0) is 11.5. The fourth-order valence-corrected chi connectivity index (χ4v) is 1.84. The van der Waals surface area contributed by atoms with E-state index >= 15 is 0 Å². The Kier molecular flexibility index (Phi) is 3.07. The Morgan fingerprint density at radius 3 is 2.94 bits per heavy atom. The summed E-state index contributed by atoms with van der Waals surface area (Å²) in [6, 6.07) is 6.10. The number of anilines is 1. The van der Waals surface area contributed by atoms with Crippen molar-refractivity contribution in [3.8, 4) is 6.07 Å². The van der Waals surface area contributed by atoms with Gasteiger partial charge in [-0.15, -0.1) is 0 Å². The molecule has 0 saturated carbocycles. The van der Waals surface area contributed by atoms with Gasteiger partial charge >= 0.3 is 0 Å². The number of pyridine rings is 1. The number of ether oxygens (including phenoxy) is 1. The first-order valence-corrected chi connectivity index (χ1v) is 5.45. The SMILES string of the molecule is CC1CN(c2ccc(C#N)cn2)C(C)CO1. The summed E-state index contributed by atoms with van der Waals surface area (Å²) in [5.74, 6) is 0.918. The molecular formula is C12H15N3O. The van der Waals surface area contributed by atoms with Gasteiger partial charge < -0.3 is 9.64 Å². The summed E-state index contributed by atoms with van der Waals surface area (Å²) in [4.78, 5) is 6.52. The number of aromatic nitrogens is 1. The lowest BCUT2D eigenvalue weighted by molar-refractivity contribution is 0.0340. The second kappa shape index (κ2) is 4.50. The summed E-state index contributed by atoms with van der Waals surface area (Å²) in [6.07, 6.45) is 1.84. The molecule has 0 spiro atoms. The fraction of sp³-hybridized carbons (Fsp3) is 0.500. The van der Waals surface area contributed by atoms with Crippen molar-refractivity contribution >= 4 is 5.82 Å². The van der Waals surface area contributed by atoms with Crippen LogP contribution in [0.4, 0.5) is 5.82 Å². The molecule has 2 atom stereocenters. The van der Waals surface area contributed by atoms with Crippen molar-refractivity contribution in [3.63, 3.8) is 0 Å². The number of nitrogens with zero attached hydrogens (tertiary/aromatic N) is 3. The van der Waals surface area contributed by atoms with Crippen LogP contribution in [0.15, 0.2) is 18.3 Å². The van der Waals surface area contributed by atoms with Gasteiger partial charge in [0.05, 0.1) is 24.3 Å². The van der Waals surface area contributed by atoms with Crippen LogP contribution < -0.4 is 4.90 Å². The summed E-state index contributed by atoms with van der Waals surface area (Å²) in [6.45, 7) is 5.75. The predicted octanol–water partition coefficient (Wildman–Crippen LogP) is 1.57. The number of hydrogen-bond acceptors (Lipinski definition) is 4.